The maximum absolute atomic E-state index is 11.1. The average molecular weight is 262 g/mol. The summed E-state index contributed by atoms with van der Waals surface area (Å²) in [4.78, 5) is 15.2. The van der Waals surface area contributed by atoms with Crippen molar-refractivity contribution in [3.05, 3.63) is 52.7 Å². The first kappa shape index (κ1) is 12.3. The highest BCUT2D eigenvalue weighted by molar-refractivity contribution is 7.99. The van der Waals surface area contributed by atoms with Gasteiger partial charge < -0.3 is 5.43 Å². The lowest BCUT2D eigenvalue weighted by atomic mass is 10.3. The second kappa shape index (κ2) is 5.48. The van der Waals surface area contributed by atoms with Crippen molar-refractivity contribution in [2.75, 3.05) is 5.43 Å². The fourth-order valence-corrected chi connectivity index (χ4v) is 2.34. The average Bonchev–Trinajstić information content (AvgIpc) is 2.39. The lowest BCUT2D eigenvalue weighted by Crippen LogP contribution is -2.09. The Morgan fingerprint density at radius 2 is 2.11 bits per heavy atom. The number of hydrogen-bond acceptors (Lipinski definition) is 6. The van der Waals surface area contributed by atoms with E-state index in [2.05, 4.69) is 10.4 Å². The first-order valence-electron chi connectivity index (χ1n) is 5.05. The van der Waals surface area contributed by atoms with Gasteiger partial charge in [0, 0.05) is 6.20 Å². The Kier molecular flexibility index (Phi) is 3.75. The standard InChI is InChI=1S/C11H10N4O2S/c12-14-8-4-3-5-9(11(8)15(16)17)18-10-6-1-2-7-13-10/h1-7,14H,12H2. The molecule has 0 saturated heterocycles. The van der Waals surface area contributed by atoms with Crippen molar-refractivity contribution < 1.29 is 4.92 Å². The molecule has 1 aromatic heterocycles. The monoisotopic (exact) mass is 262 g/mol. The van der Waals surface area contributed by atoms with Gasteiger partial charge in [0.15, 0.2) is 0 Å². The Bertz CT molecular complexity index is 562. The van der Waals surface area contributed by atoms with Crippen molar-refractivity contribution in [3.8, 4) is 0 Å². The number of pyridine rings is 1. The van der Waals surface area contributed by atoms with Crippen LogP contribution in [-0.2, 0) is 0 Å². The van der Waals surface area contributed by atoms with Crippen LogP contribution < -0.4 is 11.3 Å². The summed E-state index contributed by atoms with van der Waals surface area (Å²) in [5, 5.41) is 11.8. The topological polar surface area (TPSA) is 94.1 Å². The van der Waals surface area contributed by atoms with Crippen molar-refractivity contribution in [1.82, 2.24) is 4.98 Å². The zero-order valence-electron chi connectivity index (χ0n) is 9.24. The number of anilines is 1. The Morgan fingerprint density at radius 3 is 2.72 bits per heavy atom. The number of rotatable bonds is 4. The number of para-hydroxylation sites is 1. The van der Waals surface area contributed by atoms with E-state index in [0.29, 0.717) is 9.92 Å². The Balaban J connectivity index is 2.42. The van der Waals surface area contributed by atoms with Crippen LogP contribution in [0.5, 0.6) is 0 Å². The molecule has 0 aliphatic heterocycles. The molecule has 0 aliphatic rings. The van der Waals surface area contributed by atoms with E-state index < -0.39 is 4.92 Å². The number of nitrogen functional groups attached to an aromatic ring is 1. The third-order valence-corrected chi connectivity index (χ3v) is 3.19. The van der Waals surface area contributed by atoms with Crippen LogP contribution in [0.4, 0.5) is 11.4 Å². The number of benzene rings is 1. The Hall–Kier alpha value is -2.12. The van der Waals surface area contributed by atoms with E-state index in [1.165, 1.54) is 11.8 Å². The summed E-state index contributed by atoms with van der Waals surface area (Å²) >= 11 is 1.22. The van der Waals surface area contributed by atoms with Crippen LogP contribution in [0.2, 0.25) is 0 Å². The molecule has 0 unspecified atom stereocenters. The summed E-state index contributed by atoms with van der Waals surface area (Å²) in [6, 6.07) is 10.3. The fourth-order valence-electron chi connectivity index (χ4n) is 1.43. The third kappa shape index (κ3) is 2.58. The highest BCUT2D eigenvalue weighted by atomic mass is 32.2. The number of nitro benzene ring substituents is 1. The zero-order chi connectivity index (χ0) is 13.0. The predicted octanol–water partition coefficient (Wildman–Crippen LogP) is 2.43. The van der Waals surface area contributed by atoms with E-state index in [4.69, 9.17) is 5.84 Å². The molecule has 1 heterocycles. The second-order valence-corrected chi connectivity index (χ2v) is 4.39. The summed E-state index contributed by atoms with van der Waals surface area (Å²) in [7, 11) is 0. The van der Waals surface area contributed by atoms with Gasteiger partial charge in [0.05, 0.1) is 9.82 Å². The molecule has 18 heavy (non-hydrogen) atoms. The van der Waals surface area contributed by atoms with Crippen LogP contribution in [0, 0.1) is 10.1 Å². The maximum atomic E-state index is 11.1. The lowest BCUT2D eigenvalue weighted by Gasteiger charge is -2.06. The van der Waals surface area contributed by atoms with Gasteiger partial charge in [-0.2, -0.15) is 0 Å². The number of nitrogens with one attached hydrogen (secondary N) is 1. The summed E-state index contributed by atoms with van der Waals surface area (Å²) < 4.78 is 0. The van der Waals surface area contributed by atoms with Crippen molar-refractivity contribution >= 4 is 23.1 Å². The molecule has 0 saturated carbocycles. The quantitative estimate of drug-likeness (QED) is 0.499. The molecule has 0 bridgehead atoms. The van der Waals surface area contributed by atoms with E-state index in [-0.39, 0.29) is 11.4 Å². The van der Waals surface area contributed by atoms with Gasteiger partial charge in [-0.05, 0) is 24.3 Å². The minimum Gasteiger partial charge on any atom is -0.318 e. The van der Waals surface area contributed by atoms with Crippen molar-refractivity contribution in [3.63, 3.8) is 0 Å². The molecule has 2 aromatic rings. The van der Waals surface area contributed by atoms with Gasteiger partial charge >= 0.3 is 5.69 Å². The maximum Gasteiger partial charge on any atom is 0.307 e. The van der Waals surface area contributed by atoms with Crippen LogP contribution in [0.1, 0.15) is 0 Å². The SMILES string of the molecule is NNc1cccc(Sc2ccccn2)c1[N+](=O)[O-]. The molecule has 6 nitrogen and oxygen atoms in total. The summed E-state index contributed by atoms with van der Waals surface area (Å²) in [6.45, 7) is 0. The normalized spacial score (nSPS) is 10.1. The number of hydrazine groups is 1. The van der Waals surface area contributed by atoms with E-state index >= 15 is 0 Å². The zero-order valence-corrected chi connectivity index (χ0v) is 10.1. The molecule has 0 spiro atoms. The van der Waals surface area contributed by atoms with Gasteiger partial charge in [-0.1, -0.05) is 23.9 Å². The van der Waals surface area contributed by atoms with E-state index in [1.54, 1.807) is 36.5 Å². The van der Waals surface area contributed by atoms with Gasteiger partial charge in [0.1, 0.15) is 10.7 Å². The molecule has 92 valence electrons. The summed E-state index contributed by atoms with van der Waals surface area (Å²) in [6.07, 6.45) is 1.64. The first-order chi connectivity index (χ1) is 8.72. The second-order valence-electron chi connectivity index (χ2n) is 3.32. The molecular weight excluding hydrogens is 252 g/mol. The molecular formula is C11H10N4O2S. The minimum atomic E-state index is -0.458. The Morgan fingerprint density at radius 1 is 1.28 bits per heavy atom. The van der Waals surface area contributed by atoms with Gasteiger partial charge in [-0.25, -0.2) is 4.98 Å². The van der Waals surface area contributed by atoms with Crippen LogP contribution >= 0.6 is 11.8 Å². The lowest BCUT2D eigenvalue weighted by molar-refractivity contribution is -0.386. The molecule has 0 aliphatic carbocycles. The van der Waals surface area contributed by atoms with Gasteiger partial charge in [0.2, 0.25) is 0 Å². The summed E-state index contributed by atoms with van der Waals surface area (Å²) in [5.74, 6) is 5.27. The molecule has 2 rings (SSSR count). The molecule has 1 aromatic carbocycles. The first-order valence-corrected chi connectivity index (χ1v) is 5.87. The molecule has 7 heteroatoms. The van der Waals surface area contributed by atoms with E-state index in [1.807, 2.05) is 6.07 Å². The van der Waals surface area contributed by atoms with Crippen LogP contribution in [0.25, 0.3) is 0 Å². The number of hydrogen-bond donors (Lipinski definition) is 2. The molecule has 0 fully saturated rings. The third-order valence-electron chi connectivity index (χ3n) is 2.19. The largest absolute Gasteiger partial charge is 0.318 e. The van der Waals surface area contributed by atoms with E-state index in [9.17, 15) is 10.1 Å². The molecule has 3 N–H and O–H groups in total. The number of nitrogens with zero attached hydrogens (tertiary/aromatic N) is 2. The van der Waals surface area contributed by atoms with Gasteiger partial charge in [-0.15, -0.1) is 0 Å². The number of nitro groups is 1. The van der Waals surface area contributed by atoms with Gasteiger partial charge in [0.25, 0.3) is 0 Å². The fraction of sp³-hybridized carbons (Fsp3) is 0. The number of aromatic nitrogens is 1. The Labute approximate surface area is 107 Å². The van der Waals surface area contributed by atoms with Crippen molar-refractivity contribution in [2.24, 2.45) is 5.84 Å². The number of nitrogens with two attached hydrogens (primary N) is 1. The van der Waals surface area contributed by atoms with Crippen molar-refractivity contribution in [2.45, 2.75) is 9.92 Å². The van der Waals surface area contributed by atoms with E-state index in [0.717, 1.165) is 0 Å². The minimum absolute atomic E-state index is 0.0457. The van der Waals surface area contributed by atoms with Crippen LogP contribution in [-0.4, -0.2) is 9.91 Å². The molecule has 0 radical (unpaired) electrons. The van der Waals surface area contributed by atoms with Crippen LogP contribution in [0.3, 0.4) is 0 Å². The van der Waals surface area contributed by atoms with Crippen molar-refractivity contribution in [1.29, 1.82) is 0 Å². The molecule has 0 atom stereocenters. The van der Waals surface area contributed by atoms with Gasteiger partial charge in [-0.3, -0.25) is 16.0 Å². The predicted molar refractivity (Wildman–Crippen MR) is 69.3 cm³/mol. The smallest absolute Gasteiger partial charge is 0.307 e. The van der Waals surface area contributed by atoms with Crippen LogP contribution in [0.15, 0.2) is 52.5 Å². The highest BCUT2D eigenvalue weighted by Crippen LogP contribution is 2.37. The highest BCUT2D eigenvalue weighted by Gasteiger charge is 2.20. The molecule has 0 amide bonds. The summed E-state index contributed by atoms with van der Waals surface area (Å²) in [5.41, 5.74) is 2.56.